The van der Waals surface area contributed by atoms with Gasteiger partial charge in [0.1, 0.15) is 0 Å². The fraction of sp³-hybridized carbons (Fsp3) is 0.562. The lowest BCUT2D eigenvalue weighted by Crippen LogP contribution is -2.56. The Kier molecular flexibility index (Phi) is 13.2. The molecule has 44 heavy (non-hydrogen) atoms. The van der Waals surface area contributed by atoms with Crippen molar-refractivity contribution in [3.8, 4) is 34.5 Å². The molecular weight excluding hydrogens is 572 g/mol. The van der Waals surface area contributed by atoms with E-state index < -0.39 is 11.9 Å². The molecule has 0 amide bonds. The monoisotopic (exact) mass is 618 g/mol. The van der Waals surface area contributed by atoms with E-state index >= 15 is 0 Å². The predicted molar refractivity (Wildman–Crippen MR) is 164 cm³/mol. The van der Waals surface area contributed by atoms with Gasteiger partial charge in [-0.15, -0.1) is 0 Å². The summed E-state index contributed by atoms with van der Waals surface area (Å²) in [7, 11) is 9.03. The summed E-state index contributed by atoms with van der Waals surface area (Å²) in [5, 5.41) is 0. The van der Waals surface area contributed by atoms with E-state index in [1.165, 1.54) is 42.7 Å². The van der Waals surface area contributed by atoms with Gasteiger partial charge < -0.3 is 37.9 Å². The normalized spacial score (nSPS) is 17.0. The summed E-state index contributed by atoms with van der Waals surface area (Å²) < 4.78 is 43.0. The highest BCUT2D eigenvalue weighted by Gasteiger charge is 2.28. The van der Waals surface area contributed by atoms with Crippen LogP contribution in [0.4, 0.5) is 0 Å². The number of ether oxygens (including phenoxy) is 8. The van der Waals surface area contributed by atoms with Crippen LogP contribution >= 0.6 is 0 Å². The second-order valence-corrected chi connectivity index (χ2v) is 10.5. The molecule has 1 fully saturated rings. The first kappa shape index (κ1) is 34.6. The minimum absolute atomic E-state index is 0.300. The van der Waals surface area contributed by atoms with Gasteiger partial charge in [0.2, 0.25) is 11.5 Å². The maximum atomic E-state index is 12.7. The fourth-order valence-corrected chi connectivity index (χ4v) is 5.32. The summed E-state index contributed by atoms with van der Waals surface area (Å²) >= 11 is 0. The summed E-state index contributed by atoms with van der Waals surface area (Å²) in [4.78, 5) is 30.2. The maximum absolute atomic E-state index is 12.7. The van der Waals surface area contributed by atoms with Crippen molar-refractivity contribution in [3.63, 3.8) is 0 Å². The second-order valence-electron chi connectivity index (χ2n) is 10.5. The third-order valence-corrected chi connectivity index (χ3v) is 7.69. The van der Waals surface area contributed by atoms with E-state index in [9.17, 15) is 9.59 Å². The summed E-state index contributed by atoms with van der Waals surface area (Å²) in [6.45, 7) is 8.42. The van der Waals surface area contributed by atoms with Gasteiger partial charge in [-0.3, -0.25) is 9.80 Å². The maximum Gasteiger partial charge on any atom is 0.338 e. The second kappa shape index (κ2) is 16.8. The number of nitrogens with zero attached hydrogens (tertiary/aromatic N) is 2. The van der Waals surface area contributed by atoms with Gasteiger partial charge in [0.05, 0.1) is 67.0 Å². The van der Waals surface area contributed by atoms with Gasteiger partial charge in [0.15, 0.2) is 23.0 Å². The Bertz CT molecular complexity index is 1110. The van der Waals surface area contributed by atoms with Crippen LogP contribution < -0.4 is 28.4 Å². The predicted octanol–water partition coefficient (Wildman–Crippen LogP) is 3.93. The van der Waals surface area contributed by atoms with Crippen LogP contribution in [0.2, 0.25) is 0 Å². The zero-order chi connectivity index (χ0) is 32.2. The van der Waals surface area contributed by atoms with Gasteiger partial charge in [0, 0.05) is 38.3 Å². The van der Waals surface area contributed by atoms with Crippen LogP contribution in [-0.2, 0) is 9.47 Å². The Morgan fingerprint density at radius 1 is 0.591 bits per heavy atom. The third-order valence-electron chi connectivity index (χ3n) is 7.69. The highest BCUT2D eigenvalue weighted by Crippen LogP contribution is 2.39. The number of esters is 2. The molecule has 0 saturated carbocycles. The standard InChI is InChI=1S/C32H46N2O10/c1-21-19-34(12-10-14-44-32(36)24-17-27(39-5)30(42-8)28(18-24)40-6)22(2)20-33(21)11-9-13-43-31(35)23-15-25(37-3)29(41-7)26(16-23)38-4/h15-18,21-22H,9-14,19-20H2,1-8H3/t21-,22+. The van der Waals surface area contributed by atoms with Crippen LogP contribution in [0.15, 0.2) is 24.3 Å². The van der Waals surface area contributed by atoms with Crippen LogP contribution in [0.3, 0.4) is 0 Å². The van der Waals surface area contributed by atoms with E-state index in [0.29, 0.717) is 83.8 Å². The molecule has 244 valence electrons. The molecule has 1 saturated heterocycles. The lowest BCUT2D eigenvalue weighted by Gasteiger charge is -2.44. The number of methoxy groups -OCH3 is 6. The first-order valence-corrected chi connectivity index (χ1v) is 14.6. The molecule has 0 unspecified atom stereocenters. The molecule has 0 aliphatic carbocycles. The summed E-state index contributed by atoms with van der Waals surface area (Å²) in [5.74, 6) is 1.55. The van der Waals surface area contributed by atoms with Crippen LogP contribution in [0.25, 0.3) is 0 Å². The first-order valence-electron chi connectivity index (χ1n) is 14.6. The molecule has 1 heterocycles. The van der Waals surface area contributed by atoms with Crippen LogP contribution in [0.1, 0.15) is 47.4 Å². The van der Waals surface area contributed by atoms with Crippen molar-refractivity contribution in [3.05, 3.63) is 35.4 Å². The molecule has 2 atom stereocenters. The number of carbonyl (C=O) groups excluding carboxylic acids is 2. The minimum Gasteiger partial charge on any atom is -0.493 e. The minimum atomic E-state index is -0.443. The molecule has 1 aliphatic heterocycles. The van der Waals surface area contributed by atoms with Gasteiger partial charge >= 0.3 is 11.9 Å². The molecule has 12 nitrogen and oxygen atoms in total. The molecule has 12 heteroatoms. The molecule has 2 aromatic carbocycles. The zero-order valence-corrected chi connectivity index (χ0v) is 27.1. The van der Waals surface area contributed by atoms with Gasteiger partial charge in [-0.05, 0) is 51.0 Å². The van der Waals surface area contributed by atoms with Crippen LogP contribution in [-0.4, -0.2) is 116 Å². The molecule has 3 rings (SSSR count). The lowest BCUT2D eigenvalue weighted by molar-refractivity contribution is 0.0251. The third kappa shape index (κ3) is 8.60. The van der Waals surface area contributed by atoms with E-state index in [1.807, 2.05) is 0 Å². The molecule has 0 bridgehead atoms. The number of hydrogen-bond acceptors (Lipinski definition) is 12. The quantitative estimate of drug-likeness (QED) is 0.201. The molecule has 2 aromatic rings. The van der Waals surface area contributed by atoms with Crippen molar-refractivity contribution in [2.45, 2.75) is 38.8 Å². The SMILES string of the molecule is COc1cc(C(=O)OCCCN2C[C@H](C)N(CCCOC(=O)c3cc(OC)c(OC)c(OC)c3)C[C@H]2C)cc(OC)c1OC. The summed E-state index contributed by atoms with van der Waals surface area (Å²) in [5.41, 5.74) is 0.675. The Labute approximate surface area is 260 Å². The van der Waals surface area contributed by atoms with Crippen molar-refractivity contribution in [2.24, 2.45) is 0 Å². The zero-order valence-electron chi connectivity index (χ0n) is 27.1. The van der Waals surface area contributed by atoms with Crippen molar-refractivity contribution in [1.29, 1.82) is 0 Å². The van der Waals surface area contributed by atoms with E-state index in [2.05, 4.69) is 23.6 Å². The molecule has 0 spiro atoms. The lowest BCUT2D eigenvalue weighted by atomic mass is 10.1. The van der Waals surface area contributed by atoms with Crippen LogP contribution in [0.5, 0.6) is 34.5 Å². The number of hydrogen-bond donors (Lipinski definition) is 0. The number of rotatable bonds is 16. The smallest absolute Gasteiger partial charge is 0.338 e. The average molecular weight is 619 g/mol. The fourth-order valence-electron chi connectivity index (χ4n) is 5.32. The molecule has 0 aromatic heterocycles. The Balaban J connectivity index is 1.41. The van der Waals surface area contributed by atoms with Crippen LogP contribution in [0, 0.1) is 0 Å². The number of benzene rings is 2. The van der Waals surface area contributed by atoms with Crippen molar-refractivity contribution >= 4 is 11.9 Å². The molecular formula is C32H46N2O10. The van der Waals surface area contributed by atoms with Gasteiger partial charge in [-0.1, -0.05) is 0 Å². The van der Waals surface area contributed by atoms with Gasteiger partial charge in [-0.2, -0.15) is 0 Å². The topological polar surface area (TPSA) is 114 Å². The Morgan fingerprint density at radius 2 is 0.909 bits per heavy atom. The molecule has 0 radical (unpaired) electrons. The van der Waals surface area contributed by atoms with Crippen molar-refractivity contribution < 1.29 is 47.5 Å². The van der Waals surface area contributed by atoms with Gasteiger partial charge in [0.25, 0.3) is 0 Å². The Morgan fingerprint density at radius 3 is 1.18 bits per heavy atom. The number of carbonyl (C=O) groups is 2. The highest BCUT2D eigenvalue weighted by molar-refractivity contribution is 5.91. The van der Waals surface area contributed by atoms with Crippen molar-refractivity contribution in [1.82, 2.24) is 9.80 Å². The van der Waals surface area contributed by atoms with E-state index in [4.69, 9.17) is 37.9 Å². The highest BCUT2D eigenvalue weighted by atomic mass is 16.5. The molecule has 1 aliphatic rings. The summed E-state index contributed by atoms with van der Waals surface area (Å²) in [6.07, 6.45) is 1.42. The first-order chi connectivity index (χ1) is 21.2. The van der Waals surface area contributed by atoms with E-state index in [-0.39, 0.29) is 0 Å². The average Bonchev–Trinajstić information content (AvgIpc) is 3.04. The molecule has 0 N–H and O–H groups in total. The van der Waals surface area contributed by atoms with E-state index in [0.717, 1.165) is 26.2 Å². The van der Waals surface area contributed by atoms with E-state index in [1.54, 1.807) is 24.3 Å². The summed E-state index contributed by atoms with van der Waals surface area (Å²) in [6, 6.07) is 7.00. The van der Waals surface area contributed by atoms with Gasteiger partial charge in [-0.25, -0.2) is 9.59 Å². The van der Waals surface area contributed by atoms with Crippen molar-refractivity contribution in [2.75, 3.05) is 82.1 Å². The Hall–Kier alpha value is -3.90. The largest absolute Gasteiger partial charge is 0.493 e. The number of piperazine rings is 1.